The van der Waals surface area contributed by atoms with E-state index in [1.165, 1.54) is 12.1 Å². The molecule has 1 aromatic heterocycles. The molecule has 182 valence electrons. The first-order chi connectivity index (χ1) is 16.8. The molecule has 3 aromatic rings. The number of aromatic nitrogens is 2. The van der Waals surface area contributed by atoms with Gasteiger partial charge in [0.15, 0.2) is 15.7 Å². The van der Waals surface area contributed by atoms with E-state index in [9.17, 15) is 22.0 Å². The van der Waals surface area contributed by atoms with E-state index in [4.69, 9.17) is 0 Å². The summed E-state index contributed by atoms with van der Waals surface area (Å²) in [5.74, 6) is -0.483. The quantitative estimate of drug-likeness (QED) is 0.434. The zero-order chi connectivity index (χ0) is 24.6. The minimum atomic E-state index is -3.37. The summed E-state index contributed by atoms with van der Waals surface area (Å²) in [5, 5.41) is 2.67. The van der Waals surface area contributed by atoms with Gasteiger partial charge >= 0.3 is 0 Å². The number of rotatable bonds is 7. The van der Waals surface area contributed by atoms with Gasteiger partial charge < -0.3 is 0 Å². The number of nitrogens with zero attached hydrogens (tertiary/aromatic N) is 2. The van der Waals surface area contributed by atoms with Gasteiger partial charge in [0.2, 0.25) is 5.13 Å². The predicted octanol–water partition coefficient (Wildman–Crippen LogP) is 5.25. The minimum Gasteiger partial charge on any atom is -0.297 e. The molecule has 2 saturated carbocycles. The second-order valence-electron chi connectivity index (χ2n) is 8.86. The van der Waals surface area contributed by atoms with E-state index in [2.05, 4.69) is 14.7 Å². The number of allylic oxidation sites excluding steroid dienone is 1. The molecule has 1 amide bonds. The molecule has 1 heterocycles. The van der Waals surface area contributed by atoms with E-state index in [1.807, 2.05) is 30.3 Å². The van der Waals surface area contributed by atoms with E-state index >= 15 is 0 Å². The monoisotopic (exact) mass is 515 g/mol. The van der Waals surface area contributed by atoms with Crippen molar-refractivity contribution < 1.29 is 22.0 Å². The number of alkyl halides is 2. The summed E-state index contributed by atoms with van der Waals surface area (Å²) in [7, 11) is -3.37. The number of hydrogen-bond acceptors (Lipinski definition) is 6. The van der Waals surface area contributed by atoms with Crippen LogP contribution in [0.1, 0.15) is 31.2 Å². The molecule has 2 aromatic carbocycles. The summed E-state index contributed by atoms with van der Waals surface area (Å²) in [4.78, 5) is 17.8. The molecule has 6 nitrogen and oxygen atoms in total. The molecule has 0 aliphatic heterocycles. The Balaban J connectivity index is 1.41. The molecule has 1 N–H and O–H groups in total. The zero-order valence-electron chi connectivity index (χ0n) is 18.6. The Morgan fingerprint density at radius 2 is 1.66 bits per heavy atom. The number of carbonyl (C=O) groups is 1. The number of carbonyl (C=O) groups excluding carboxylic acids is 1. The average Bonchev–Trinajstić information content (AvgIpc) is 3.55. The lowest BCUT2D eigenvalue weighted by molar-refractivity contribution is -0.111. The highest BCUT2D eigenvalue weighted by Crippen LogP contribution is 2.36. The third-order valence-corrected chi connectivity index (χ3v) is 9.14. The van der Waals surface area contributed by atoms with E-state index in [-0.39, 0.29) is 33.7 Å². The number of hydrogen-bond donors (Lipinski definition) is 1. The molecular weight excluding hydrogens is 492 g/mol. The van der Waals surface area contributed by atoms with Crippen molar-refractivity contribution in [2.75, 3.05) is 5.32 Å². The smallest absolute Gasteiger partial charge is 0.257 e. The Bertz CT molecular complexity index is 1340. The Labute approximate surface area is 206 Å². The van der Waals surface area contributed by atoms with Gasteiger partial charge in [-0.1, -0.05) is 48.5 Å². The number of amides is 1. The van der Waals surface area contributed by atoms with Crippen LogP contribution < -0.4 is 5.32 Å². The highest BCUT2D eigenvalue weighted by atomic mass is 32.2. The Morgan fingerprint density at radius 3 is 2.29 bits per heavy atom. The SMILES string of the molecule is O=C(Nc1nc(-c2ccccc2)ns1)/C(=C/C1C[C@@H](F)[C@@H](F)C1)c1ccc(S(=O)(=O)C2CC2)cc1. The lowest BCUT2D eigenvalue weighted by Crippen LogP contribution is -2.15. The number of anilines is 1. The van der Waals surface area contributed by atoms with Crippen LogP contribution in [0.5, 0.6) is 0 Å². The largest absolute Gasteiger partial charge is 0.297 e. The van der Waals surface area contributed by atoms with Crippen LogP contribution in [-0.4, -0.2) is 41.3 Å². The first kappa shape index (κ1) is 23.7. The van der Waals surface area contributed by atoms with Crippen LogP contribution in [0.15, 0.2) is 65.6 Å². The van der Waals surface area contributed by atoms with Gasteiger partial charge in [-0.15, -0.1) is 0 Å². The standard InChI is InChI=1S/C25H23F2N3O3S2/c26-21-13-15(14-22(21)27)12-20(16-6-8-18(9-7-16)35(32,33)19-10-11-19)24(31)29-25-28-23(30-34-25)17-4-2-1-3-5-17/h1-9,12,15,19,21-22H,10-11,13-14H2,(H,28,29,30,31)/b20-12+/t15?,21-,22+. The highest BCUT2D eigenvalue weighted by Gasteiger charge is 2.37. The van der Waals surface area contributed by atoms with Crippen molar-refractivity contribution in [1.29, 1.82) is 0 Å². The van der Waals surface area contributed by atoms with Crippen molar-refractivity contribution in [2.45, 2.75) is 48.2 Å². The fourth-order valence-corrected chi connectivity index (χ4v) is 6.42. The van der Waals surface area contributed by atoms with Crippen LogP contribution in [0, 0.1) is 5.92 Å². The number of nitrogens with one attached hydrogen (secondary N) is 1. The molecule has 1 unspecified atom stereocenters. The summed E-state index contributed by atoms with van der Waals surface area (Å²) >= 11 is 1.03. The first-order valence-corrected chi connectivity index (χ1v) is 13.7. The van der Waals surface area contributed by atoms with Crippen LogP contribution >= 0.6 is 11.5 Å². The molecule has 10 heteroatoms. The number of benzene rings is 2. The zero-order valence-corrected chi connectivity index (χ0v) is 20.2. The van der Waals surface area contributed by atoms with Gasteiger partial charge in [-0.2, -0.15) is 9.36 Å². The lowest BCUT2D eigenvalue weighted by atomic mass is 9.98. The lowest BCUT2D eigenvalue weighted by Gasteiger charge is -2.11. The van der Waals surface area contributed by atoms with Crippen LogP contribution in [0.3, 0.4) is 0 Å². The maximum atomic E-state index is 13.8. The minimum absolute atomic E-state index is 0.0109. The van der Waals surface area contributed by atoms with Crippen LogP contribution in [-0.2, 0) is 14.6 Å². The molecule has 0 radical (unpaired) electrons. The summed E-state index contributed by atoms with van der Waals surface area (Å²) in [5.41, 5.74) is 1.48. The molecule has 3 atom stereocenters. The van der Waals surface area contributed by atoms with E-state index in [1.54, 1.807) is 18.2 Å². The normalized spacial score (nSPS) is 22.8. The molecular formula is C25H23F2N3O3S2. The predicted molar refractivity (Wildman–Crippen MR) is 131 cm³/mol. The Kier molecular flexibility index (Phi) is 6.50. The summed E-state index contributed by atoms with van der Waals surface area (Å²) < 4.78 is 57.0. The van der Waals surface area contributed by atoms with Crippen molar-refractivity contribution in [3.8, 4) is 11.4 Å². The molecule has 2 aliphatic rings. The van der Waals surface area contributed by atoms with E-state index in [0.717, 1.165) is 17.1 Å². The molecule has 2 aliphatic carbocycles. The highest BCUT2D eigenvalue weighted by molar-refractivity contribution is 7.92. The van der Waals surface area contributed by atoms with Crippen molar-refractivity contribution in [2.24, 2.45) is 5.92 Å². The van der Waals surface area contributed by atoms with Crippen LogP contribution in [0.2, 0.25) is 0 Å². The average molecular weight is 516 g/mol. The number of sulfone groups is 1. The molecule has 0 spiro atoms. The van der Waals surface area contributed by atoms with Crippen molar-refractivity contribution >= 4 is 38.0 Å². The van der Waals surface area contributed by atoms with Gasteiger partial charge in [0, 0.05) is 22.7 Å². The van der Waals surface area contributed by atoms with Gasteiger partial charge in [0.1, 0.15) is 12.3 Å². The topological polar surface area (TPSA) is 89.0 Å². The molecule has 2 fully saturated rings. The molecule has 0 bridgehead atoms. The van der Waals surface area contributed by atoms with Gasteiger partial charge in [-0.3, -0.25) is 10.1 Å². The maximum absolute atomic E-state index is 13.8. The third-order valence-electron chi connectivity index (χ3n) is 6.23. The van der Waals surface area contributed by atoms with Crippen LogP contribution in [0.4, 0.5) is 13.9 Å². The summed E-state index contributed by atoms with van der Waals surface area (Å²) in [6.07, 6.45) is -0.273. The number of halogens is 2. The van der Waals surface area contributed by atoms with Gasteiger partial charge in [-0.25, -0.2) is 17.2 Å². The van der Waals surface area contributed by atoms with Gasteiger partial charge in [0.05, 0.1) is 10.1 Å². The third kappa shape index (κ3) is 5.18. The summed E-state index contributed by atoms with van der Waals surface area (Å²) in [6, 6.07) is 15.4. The van der Waals surface area contributed by atoms with E-state index in [0.29, 0.717) is 24.2 Å². The molecule has 35 heavy (non-hydrogen) atoms. The first-order valence-electron chi connectivity index (χ1n) is 11.4. The van der Waals surface area contributed by atoms with Crippen molar-refractivity contribution in [3.05, 3.63) is 66.2 Å². The van der Waals surface area contributed by atoms with Crippen LogP contribution in [0.25, 0.3) is 17.0 Å². The van der Waals surface area contributed by atoms with Crippen molar-refractivity contribution in [1.82, 2.24) is 9.36 Å². The fourth-order valence-electron chi connectivity index (χ4n) is 4.18. The fraction of sp³-hybridized carbons (Fsp3) is 0.320. The maximum Gasteiger partial charge on any atom is 0.257 e. The summed E-state index contributed by atoms with van der Waals surface area (Å²) in [6.45, 7) is 0. The molecule has 0 saturated heterocycles. The van der Waals surface area contributed by atoms with E-state index < -0.39 is 34.0 Å². The Hall–Kier alpha value is -2.98. The Morgan fingerprint density at radius 1 is 1.00 bits per heavy atom. The van der Waals surface area contributed by atoms with Gasteiger partial charge in [-0.05, 0) is 49.3 Å². The molecule has 5 rings (SSSR count). The van der Waals surface area contributed by atoms with Crippen molar-refractivity contribution in [3.63, 3.8) is 0 Å². The second kappa shape index (κ2) is 9.58. The second-order valence-corrected chi connectivity index (χ2v) is 11.8. The van der Waals surface area contributed by atoms with Gasteiger partial charge in [0.25, 0.3) is 5.91 Å².